The molecule has 1 N–H and O–H groups in total. The summed E-state index contributed by atoms with van der Waals surface area (Å²) < 4.78 is 22.2. The lowest BCUT2D eigenvalue weighted by Gasteiger charge is -2.26. The average Bonchev–Trinajstić information content (AvgIpc) is 3.26. The molecule has 0 saturated heterocycles. The van der Waals surface area contributed by atoms with Gasteiger partial charge in [0.1, 0.15) is 23.0 Å². The summed E-state index contributed by atoms with van der Waals surface area (Å²) in [4.78, 5) is 29.9. The Morgan fingerprint density at radius 3 is 1.23 bits per heavy atom. The molecule has 0 atom stereocenters. The van der Waals surface area contributed by atoms with Crippen LogP contribution in [0.15, 0.2) is 140 Å². The molecule has 9 nitrogen and oxygen atoms in total. The smallest absolute Gasteiger partial charge is 0.247 e. The van der Waals surface area contributed by atoms with Gasteiger partial charge >= 0.3 is 0 Å². The Hall–Kier alpha value is -6.32. The van der Waals surface area contributed by atoms with E-state index >= 15 is 0 Å². The Kier molecular flexibility index (Phi) is 19.7. The Balaban J connectivity index is 0.000000272. The zero-order valence-corrected chi connectivity index (χ0v) is 37.2. The minimum absolute atomic E-state index is 0.0216. The molecule has 0 aliphatic carbocycles. The molecule has 0 heterocycles. The molecule has 0 aliphatic heterocycles. The fraction of sp³-hybridized carbons (Fsp3) is 0.308. The highest BCUT2D eigenvalue weighted by Crippen LogP contribution is 2.29. The molecule has 61 heavy (non-hydrogen) atoms. The van der Waals surface area contributed by atoms with E-state index in [1.54, 1.807) is 12.2 Å². The lowest BCUT2D eigenvalue weighted by atomic mass is 9.97. The van der Waals surface area contributed by atoms with Crippen LogP contribution in [0.5, 0.6) is 23.0 Å². The van der Waals surface area contributed by atoms with Crippen molar-refractivity contribution in [3.8, 4) is 23.0 Å². The van der Waals surface area contributed by atoms with Crippen molar-refractivity contribution in [3.63, 3.8) is 0 Å². The van der Waals surface area contributed by atoms with Gasteiger partial charge in [-0.3, -0.25) is 9.59 Å². The van der Waals surface area contributed by atoms with Gasteiger partial charge in [-0.2, -0.15) is 0 Å². The number of nitrogens with one attached hydrogen (secondary N) is 1. The maximum absolute atomic E-state index is 13.5. The van der Waals surface area contributed by atoms with Crippen LogP contribution in [0, 0.1) is 0 Å². The van der Waals surface area contributed by atoms with Gasteiger partial charge in [-0.15, -0.1) is 0 Å². The van der Waals surface area contributed by atoms with Crippen LogP contribution in [0.4, 0.5) is 0 Å². The molecular weight excluding hydrogens is 763 g/mol. The molecule has 5 rings (SSSR count). The third-order valence-corrected chi connectivity index (χ3v) is 9.41. The number of nitrogens with zero attached hydrogens (tertiary/aromatic N) is 2. The summed E-state index contributed by atoms with van der Waals surface area (Å²) in [5.74, 6) is 3.12. The minimum Gasteiger partial charge on any atom is -0.494 e. The summed E-state index contributed by atoms with van der Waals surface area (Å²) in [5, 5.41) is 2.94. The van der Waals surface area contributed by atoms with Crippen molar-refractivity contribution in [2.24, 2.45) is 0 Å². The van der Waals surface area contributed by atoms with Crippen molar-refractivity contribution in [2.75, 3.05) is 53.6 Å². The first kappa shape index (κ1) is 47.4. The van der Waals surface area contributed by atoms with Crippen molar-refractivity contribution in [1.82, 2.24) is 15.1 Å². The fourth-order valence-electron chi connectivity index (χ4n) is 6.34. The fourth-order valence-corrected chi connectivity index (χ4v) is 6.34. The first-order valence-electron chi connectivity index (χ1n) is 21.2. The predicted molar refractivity (Wildman–Crippen MR) is 248 cm³/mol. The Bertz CT molecular complexity index is 2010. The summed E-state index contributed by atoms with van der Waals surface area (Å²) >= 11 is 0. The van der Waals surface area contributed by atoms with Gasteiger partial charge < -0.3 is 34.1 Å². The van der Waals surface area contributed by atoms with E-state index in [9.17, 15) is 9.59 Å². The van der Waals surface area contributed by atoms with Gasteiger partial charge in [0.25, 0.3) is 0 Å². The van der Waals surface area contributed by atoms with Crippen molar-refractivity contribution >= 4 is 23.0 Å². The summed E-state index contributed by atoms with van der Waals surface area (Å²) in [6.45, 7) is 16.3. The standard InChI is InChI=1S/C29H33NO3.C23H30N2O3/c1-5-32-26-16-12-24(13-17-26)28(25-14-18-27(19-15-25)33-6-2)20-29(31)30(22(3)4)21-23-10-8-7-9-11-23;1-5-27-20-11-7-18(8-12-20)22(17-23(26)24-15-16-25(3)4)19-9-13-21(14-10-19)28-6-2/h7-20,22H,5-6,21H2,1-4H3;7-14,17H,5-6,15-16H2,1-4H3,(H,24,26). The zero-order chi connectivity index (χ0) is 44.0. The Morgan fingerprint density at radius 1 is 0.541 bits per heavy atom. The predicted octanol–water partition coefficient (Wildman–Crippen LogP) is 9.95. The van der Waals surface area contributed by atoms with Gasteiger partial charge in [-0.25, -0.2) is 0 Å². The summed E-state index contributed by atoms with van der Waals surface area (Å²) in [7, 11) is 3.96. The minimum atomic E-state index is -0.111. The molecule has 0 unspecified atom stereocenters. The molecule has 0 bridgehead atoms. The molecular formula is C52H63N3O6. The van der Waals surface area contributed by atoms with E-state index in [-0.39, 0.29) is 17.9 Å². The van der Waals surface area contributed by atoms with Crippen molar-refractivity contribution in [3.05, 3.63) is 167 Å². The van der Waals surface area contributed by atoms with E-state index in [0.717, 1.165) is 68.5 Å². The normalized spacial score (nSPS) is 10.5. The van der Waals surface area contributed by atoms with Crippen LogP contribution in [0.1, 0.15) is 69.4 Å². The van der Waals surface area contributed by atoms with Crippen LogP contribution >= 0.6 is 0 Å². The average molecular weight is 826 g/mol. The number of rotatable bonds is 20. The lowest BCUT2D eigenvalue weighted by Crippen LogP contribution is -2.35. The topological polar surface area (TPSA) is 89.6 Å². The van der Waals surface area contributed by atoms with Crippen LogP contribution < -0.4 is 24.3 Å². The molecule has 9 heteroatoms. The van der Waals surface area contributed by atoms with Gasteiger partial charge in [0, 0.05) is 37.8 Å². The first-order valence-corrected chi connectivity index (χ1v) is 21.2. The molecule has 5 aromatic carbocycles. The first-order chi connectivity index (χ1) is 29.5. The lowest BCUT2D eigenvalue weighted by molar-refractivity contribution is -0.128. The molecule has 0 aliphatic rings. The van der Waals surface area contributed by atoms with Crippen molar-refractivity contribution < 1.29 is 28.5 Å². The molecule has 0 saturated carbocycles. The highest BCUT2D eigenvalue weighted by molar-refractivity contribution is 6.00. The zero-order valence-electron chi connectivity index (χ0n) is 37.2. The maximum atomic E-state index is 13.5. The maximum Gasteiger partial charge on any atom is 0.247 e. The van der Waals surface area contributed by atoms with Gasteiger partial charge in [-0.05, 0) is 143 Å². The summed E-state index contributed by atoms with van der Waals surface area (Å²) in [6, 6.07) is 41.5. The number of carbonyl (C=O) groups excluding carboxylic acids is 2. The number of benzene rings is 5. The van der Waals surface area contributed by atoms with Crippen molar-refractivity contribution in [2.45, 2.75) is 54.1 Å². The largest absolute Gasteiger partial charge is 0.494 e. The number of ether oxygens (including phenoxy) is 4. The van der Waals surface area contributed by atoms with Crippen molar-refractivity contribution in [1.29, 1.82) is 0 Å². The van der Waals surface area contributed by atoms with E-state index in [1.807, 2.05) is 193 Å². The number of hydrogen-bond acceptors (Lipinski definition) is 7. The van der Waals surface area contributed by atoms with Crippen LogP contribution in [0.3, 0.4) is 0 Å². The second-order valence-electron chi connectivity index (χ2n) is 14.6. The molecule has 0 spiro atoms. The highest BCUT2D eigenvalue weighted by Gasteiger charge is 2.18. The monoisotopic (exact) mass is 825 g/mol. The second-order valence-corrected chi connectivity index (χ2v) is 14.6. The van der Waals surface area contributed by atoms with Crippen LogP contribution in [-0.4, -0.2) is 81.3 Å². The summed E-state index contributed by atoms with van der Waals surface area (Å²) in [6.07, 6.45) is 3.40. The quantitative estimate of drug-likeness (QED) is 0.0782. The van der Waals surface area contributed by atoms with Gasteiger partial charge in [-0.1, -0.05) is 78.9 Å². The number of carbonyl (C=O) groups is 2. The third-order valence-electron chi connectivity index (χ3n) is 9.41. The second kappa shape index (κ2) is 25.3. The number of amides is 2. The van der Waals surface area contributed by atoms with Gasteiger partial charge in [0.15, 0.2) is 0 Å². The number of likely N-dealkylation sites (N-methyl/N-ethyl adjacent to an activating group) is 1. The molecule has 0 aromatic heterocycles. The van der Waals surface area contributed by atoms with E-state index in [2.05, 4.69) is 5.32 Å². The Labute approximate surface area is 363 Å². The third kappa shape index (κ3) is 15.7. The van der Waals surface area contributed by atoms with Crippen LogP contribution in [0.2, 0.25) is 0 Å². The molecule has 0 fully saturated rings. The molecule has 322 valence electrons. The van der Waals surface area contributed by atoms with Crippen LogP contribution in [-0.2, 0) is 16.1 Å². The van der Waals surface area contributed by atoms with Crippen LogP contribution in [0.25, 0.3) is 11.1 Å². The van der Waals surface area contributed by atoms with E-state index in [1.165, 1.54) is 0 Å². The summed E-state index contributed by atoms with van der Waals surface area (Å²) in [5.41, 5.74) is 6.65. The van der Waals surface area contributed by atoms with Gasteiger partial charge in [0.05, 0.1) is 26.4 Å². The van der Waals surface area contributed by atoms with Gasteiger partial charge in [0.2, 0.25) is 11.8 Å². The molecule has 5 aromatic rings. The number of hydrogen-bond donors (Lipinski definition) is 1. The van der Waals surface area contributed by atoms with E-state index in [4.69, 9.17) is 18.9 Å². The van der Waals surface area contributed by atoms with E-state index < -0.39 is 0 Å². The molecule has 0 radical (unpaired) electrons. The van der Waals surface area contributed by atoms with E-state index in [0.29, 0.717) is 39.5 Å². The Morgan fingerprint density at radius 2 is 0.902 bits per heavy atom. The molecule has 2 amide bonds. The SMILES string of the molecule is CCOc1ccc(C(=CC(=O)N(Cc2ccccc2)C(C)C)c2ccc(OCC)cc2)cc1.CCOc1ccc(C(=CC(=O)NCCN(C)C)c2ccc(OCC)cc2)cc1. The highest BCUT2D eigenvalue weighted by atomic mass is 16.5.